The maximum Gasteiger partial charge on any atom is 0.417 e. The Kier molecular flexibility index (Phi) is 4.02. The number of methoxy groups -OCH3 is 1. The van der Waals surface area contributed by atoms with Crippen molar-refractivity contribution in [3.8, 4) is 16.9 Å². The molecular formula is C22H17F3NO+. The van der Waals surface area contributed by atoms with E-state index in [2.05, 4.69) is 0 Å². The second-order valence-electron chi connectivity index (χ2n) is 6.45. The van der Waals surface area contributed by atoms with Gasteiger partial charge in [-0.1, -0.05) is 36.4 Å². The van der Waals surface area contributed by atoms with Crippen molar-refractivity contribution in [2.45, 2.75) is 6.18 Å². The number of nitrogens with zero attached hydrogens (tertiary/aromatic N) is 1. The highest BCUT2D eigenvalue weighted by Crippen LogP contribution is 2.40. The first-order chi connectivity index (χ1) is 12.9. The number of hydrogen-bond donors (Lipinski definition) is 0. The molecule has 2 nitrogen and oxygen atoms in total. The summed E-state index contributed by atoms with van der Waals surface area (Å²) in [4.78, 5) is 0. The summed E-state index contributed by atoms with van der Waals surface area (Å²) in [5, 5.41) is 2.83. The van der Waals surface area contributed by atoms with E-state index in [1.165, 1.54) is 19.2 Å². The largest absolute Gasteiger partial charge is 0.490 e. The fourth-order valence-electron chi connectivity index (χ4n) is 3.60. The van der Waals surface area contributed by atoms with Gasteiger partial charge in [-0.15, -0.1) is 0 Å². The summed E-state index contributed by atoms with van der Waals surface area (Å²) in [5.41, 5.74) is 0.796. The lowest BCUT2D eigenvalue weighted by Crippen LogP contribution is -2.28. The summed E-state index contributed by atoms with van der Waals surface area (Å²) in [5.74, 6) is 0.535. The van der Waals surface area contributed by atoms with Crippen LogP contribution in [0.2, 0.25) is 0 Å². The second kappa shape index (κ2) is 6.27. The van der Waals surface area contributed by atoms with Crippen molar-refractivity contribution >= 4 is 21.7 Å². The van der Waals surface area contributed by atoms with Crippen molar-refractivity contribution in [1.29, 1.82) is 0 Å². The minimum absolute atomic E-state index is 0.140. The van der Waals surface area contributed by atoms with Crippen molar-refractivity contribution in [1.82, 2.24) is 0 Å². The Labute approximate surface area is 154 Å². The molecule has 0 unspecified atom stereocenters. The molecule has 4 rings (SSSR count). The number of hydrogen-bond acceptors (Lipinski definition) is 1. The smallest absolute Gasteiger partial charge is 0.417 e. The third kappa shape index (κ3) is 2.89. The highest BCUT2D eigenvalue weighted by atomic mass is 19.4. The Hall–Kier alpha value is -3.08. The highest BCUT2D eigenvalue weighted by Gasteiger charge is 2.33. The van der Waals surface area contributed by atoms with Crippen LogP contribution in [-0.4, -0.2) is 7.11 Å². The molecule has 0 saturated heterocycles. The Morgan fingerprint density at radius 3 is 2.33 bits per heavy atom. The van der Waals surface area contributed by atoms with Gasteiger partial charge in [-0.2, -0.15) is 17.7 Å². The maximum atomic E-state index is 13.5. The Bertz CT molecular complexity index is 1170. The number of rotatable bonds is 2. The summed E-state index contributed by atoms with van der Waals surface area (Å²) in [6, 6.07) is 16.9. The van der Waals surface area contributed by atoms with Gasteiger partial charge < -0.3 is 4.74 Å². The summed E-state index contributed by atoms with van der Waals surface area (Å²) in [7, 11) is 3.43. The summed E-state index contributed by atoms with van der Waals surface area (Å²) >= 11 is 0. The van der Waals surface area contributed by atoms with E-state index in [-0.39, 0.29) is 5.56 Å². The van der Waals surface area contributed by atoms with Crippen LogP contribution in [0.1, 0.15) is 5.56 Å². The molecule has 0 N–H and O–H groups in total. The molecule has 5 heteroatoms. The van der Waals surface area contributed by atoms with Crippen molar-refractivity contribution in [2.75, 3.05) is 7.11 Å². The molecule has 0 radical (unpaired) electrons. The molecular weight excluding hydrogens is 351 g/mol. The first kappa shape index (κ1) is 17.3. The lowest BCUT2D eigenvalue weighted by Gasteiger charge is -2.15. The van der Waals surface area contributed by atoms with Crippen molar-refractivity contribution in [3.05, 3.63) is 72.4 Å². The van der Waals surface area contributed by atoms with E-state index in [0.29, 0.717) is 11.3 Å². The molecule has 0 atom stereocenters. The molecule has 136 valence electrons. The van der Waals surface area contributed by atoms with E-state index >= 15 is 0 Å². The predicted molar refractivity (Wildman–Crippen MR) is 99.6 cm³/mol. The Balaban J connectivity index is 2.12. The molecule has 0 aliphatic rings. The van der Waals surface area contributed by atoms with Gasteiger partial charge in [0.05, 0.1) is 18.1 Å². The van der Waals surface area contributed by atoms with Crippen LogP contribution in [0.15, 0.2) is 66.9 Å². The van der Waals surface area contributed by atoms with Gasteiger partial charge in [0.1, 0.15) is 7.05 Å². The number of alkyl halides is 3. The van der Waals surface area contributed by atoms with Crippen molar-refractivity contribution in [2.24, 2.45) is 7.05 Å². The van der Waals surface area contributed by atoms with Crippen LogP contribution < -0.4 is 9.30 Å². The Morgan fingerprint density at radius 1 is 0.889 bits per heavy atom. The first-order valence-electron chi connectivity index (χ1n) is 8.46. The van der Waals surface area contributed by atoms with Crippen LogP contribution in [0.3, 0.4) is 0 Å². The normalized spacial score (nSPS) is 11.9. The average Bonchev–Trinajstić information content (AvgIpc) is 2.66. The predicted octanol–water partition coefficient (Wildman–Crippen LogP) is 5.51. The number of benzene rings is 3. The molecule has 0 aliphatic carbocycles. The molecule has 0 saturated carbocycles. The zero-order chi connectivity index (χ0) is 19.2. The van der Waals surface area contributed by atoms with Gasteiger partial charge in [-0.05, 0) is 35.4 Å². The lowest BCUT2D eigenvalue weighted by atomic mass is 9.95. The maximum absolute atomic E-state index is 13.5. The molecule has 1 aromatic heterocycles. The quantitative estimate of drug-likeness (QED) is 0.336. The topological polar surface area (TPSA) is 13.1 Å². The number of fused-ring (bicyclic) bond motifs is 3. The molecule has 3 aromatic carbocycles. The first-order valence-corrected chi connectivity index (χ1v) is 8.46. The SMILES string of the molecule is COc1cc(-c2ccccc2C(F)(F)F)cc2c3ccccc3c[n+](C)c12. The second-order valence-corrected chi connectivity index (χ2v) is 6.45. The summed E-state index contributed by atoms with van der Waals surface area (Å²) in [6.07, 6.45) is -2.44. The fourth-order valence-corrected chi connectivity index (χ4v) is 3.60. The summed E-state index contributed by atoms with van der Waals surface area (Å²) in [6.45, 7) is 0. The van der Waals surface area contributed by atoms with Gasteiger partial charge in [-0.25, -0.2) is 0 Å². The lowest BCUT2D eigenvalue weighted by molar-refractivity contribution is -0.643. The van der Waals surface area contributed by atoms with Crippen LogP contribution >= 0.6 is 0 Å². The van der Waals surface area contributed by atoms with Gasteiger partial charge in [0, 0.05) is 10.8 Å². The van der Waals surface area contributed by atoms with E-state index in [9.17, 15) is 13.2 Å². The van der Waals surface area contributed by atoms with Crippen molar-refractivity contribution in [3.63, 3.8) is 0 Å². The molecule has 1 heterocycles. The molecule has 0 spiro atoms. The molecule has 4 aromatic rings. The van der Waals surface area contributed by atoms with Crippen molar-refractivity contribution < 1.29 is 22.5 Å². The molecule has 27 heavy (non-hydrogen) atoms. The Morgan fingerprint density at radius 2 is 1.59 bits per heavy atom. The van der Waals surface area contributed by atoms with Crippen LogP contribution in [0.25, 0.3) is 32.8 Å². The fraction of sp³-hybridized carbons (Fsp3) is 0.136. The number of pyridine rings is 1. The average molecular weight is 368 g/mol. The van der Waals surface area contributed by atoms with E-state index in [0.717, 1.165) is 27.7 Å². The minimum Gasteiger partial charge on any atom is -0.490 e. The molecule has 0 amide bonds. The third-order valence-corrected chi connectivity index (χ3v) is 4.77. The van der Waals surface area contributed by atoms with E-state index in [1.54, 1.807) is 12.1 Å². The standard InChI is InChI=1S/C22H17F3NO/c1-26-13-14-7-3-4-8-16(14)18-11-15(12-20(27-2)21(18)26)17-9-5-6-10-19(17)22(23,24)25/h3-13H,1-2H3/q+1. The van der Waals surface area contributed by atoms with E-state index < -0.39 is 11.7 Å². The zero-order valence-corrected chi connectivity index (χ0v) is 14.8. The molecule has 0 bridgehead atoms. The molecule has 0 fully saturated rings. The zero-order valence-electron chi connectivity index (χ0n) is 14.8. The monoisotopic (exact) mass is 368 g/mol. The van der Waals surface area contributed by atoms with Gasteiger partial charge >= 0.3 is 6.18 Å². The number of ether oxygens (including phenoxy) is 1. The van der Waals surface area contributed by atoms with Crippen LogP contribution in [0.4, 0.5) is 13.2 Å². The van der Waals surface area contributed by atoms with Crippen LogP contribution in [0.5, 0.6) is 5.75 Å². The highest BCUT2D eigenvalue weighted by molar-refractivity contribution is 6.07. The van der Waals surface area contributed by atoms with E-state index in [4.69, 9.17) is 4.74 Å². The van der Waals surface area contributed by atoms with Gasteiger partial charge in [0.25, 0.3) is 5.52 Å². The van der Waals surface area contributed by atoms with Crippen LogP contribution in [0, 0.1) is 0 Å². The summed E-state index contributed by atoms with van der Waals surface area (Å²) < 4.78 is 48.0. The van der Waals surface area contributed by atoms with Gasteiger partial charge in [-0.3, -0.25) is 0 Å². The van der Waals surface area contributed by atoms with Gasteiger partial charge in [0.2, 0.25) is 0 Å². The number of aryl methyl sites for hydroxylation is 1. The number of halogens is 3. The van der Waals surface area contributed by atoms with Crippen LogP contribution in [-0.2, 0) is 13.2 Å². The minimum atomic E-state index is -4.43. The number of aromatic nitrogens is 1. The van der Waals surface area contributed by atoms with E-state index in [1.807, 2.05) is 48.1 Å². The third-order valence-electron chi connectivity index (χ3n) is 4.77. The van der Waals surface area contributed by atoms with Gasteiger partial charge in [0.15, 0.2) is 11.9 Å². The molecule has 0 aliphatic heterocycles.